The van der Waals surface area contributed by atoms with E-state index in [4.69, 9.17) is 4.42 Å². The van der Waals surface area contributed by atoms with Crippen LogP contribution in [0, 0.1) is 6.92 Å². The SMILES string of the molecule is Cc1ccc(C(C)(C)/C=C/c2ccccc2)o1. The quantitative estimate of drug-likeness (QED) is 0.746. The first-order chi connectivity index (χ1) is 8.08. The predicted octanol–water partition coefficient (Wildman–Crippen LogP) is 4.58. The van der Waals surface area contributed by atoms with Crippen LogP contribution >= 0.6 is 0 Å². The van der Waals surface area contributed by atoms with Gasteiger partial charge in [0, 0.05) is 5.41 Å². The second kappa shape index (κ2) is 4.62. The topological polar surface area (TPSA) is 13.1 Å². The predicted molar refractivity (Wildman–Crippen MR) is 71.9 cm³/mol. The second-order valence-corrected chi connectivity index (χ2v) is 4.88. The lowest BCUT2D eigenvalue weighted by molar-refractivity contribution is 0.421. The van der Waals surface area contributed by atoms with Crippen LogP contribution in [0.4, 0.5) is 0 Å². The van der Waals surface area contributed by atoms with E-state index in [2.05, 4.69) is 38.1 Å². The molecule has 0 aliphatic rings. The Morgan fingerprint density at radius 1 is 1.00 bits per heavy atom. The highest BCUT2D eigenvalue weighted by Gasteiger charge is 2.20. The number of benzene rings is 1. The summed E-state index contributed by atoms with van der Waals surface area (Å²) in [7, 11) is 0. The highest BCUT2D eigenvalue weighted by atomic mass is 16.3. The molecule has 2 rings (SSSR count). The summed E-state index contributed by atoms with van der Waals surface area (Å²) in [6, 6.07) is 14.4. The van der Waals surface area contributed by atoms with Gasteiger partial charge >= 0.3 is 0 Å². The van der Waals surface area contributed by atoms with Crippen molar-refractivity contribution in [2.75, 3.05) is 0 Å². The molecule has 0 saturated heterocycles. The Morgan fingerprint density at radius 2 is 1.71 bits per heavy atom. The van der Waals surface area contributed by atoms with Gasteiger partial charge in [-0.15, -0.1) is 0 Å². The normalized spacial score (nSPS) is 12.2. The van der Waals surface area contributed by atoms with Crippen LogP contribution in [-0.2, 0) is 5.41 Å². The van der Waals surface area contributed by atoms with Crippen molar-refractivity contribution < 1.29 is 4.42 Å². The van der Waals surface area contributed by atoms with Crippen LogP contribution in [0.15, 0.2) is 53.0 Å². The molecule has 0 aliphatic heterocycles. The Bertz CT molecular complexity index is 503. The van der Waals surface area contributed by atoms with E-state index in [0.717, 1.165) is 11.5 Å². The van der Waals surface area contributed by atoms with Crippen molar-refractivity contribution in [1.82, 2.24) is 0 Å². The molecule has 0 bridgehead atoms. The maximum Gasteiger partial charge on any atom is 0.113 e. The fourth-order valence-electron chi connectivity index (χ4n) is 1.73. The number of furan rings is 1. The molecule has 1 heteroatoms. The van der Waals surface area contributed by atoms with E-state index in [1.165, 1.54) is 5.56 Å². The van der Waals surface area contributed by atoms with Gasteiger partial charge in [0.15, 0.2) is 0 Å². The van der Waals surface area contributed by atoms with Gasteiger partial charge < -0.3 is 4.42 Å². The average Bonchev–Trinajstić information content (AvgIpc) is 2.76. The Kier molecular flexibility index (Phi) is 3.19. The van der Waals surface area contributed by atoms with Gasteiger partial charge in [0.1, 0.15) is 11.5 Å². The zero-order chi connectivity index (χ0) is 12.3. The minimum absolute atomic E-state index is 0.0793. The van der Waals surface area contributed by atoms with Crippen molar-refractivity contribution in [3.63, 3.8) is 0 Å². The van der Waals surface area contributed by atoms with E-state index < -0.39 is 0 Å². The molecule has 0 unspecified atom stereocenters. The smallest absolute Gasteiger partial charge is 0.113 e. The average molecular weight is 226 g/mol. The minimum atomic E-state index is -0.0793. The summed E-state index contributed by atoms with van der Waals surface area (Å²) in [6.45, 7) is 6.29. The monoisotopic (exact) mass is 226 g/mol. The van der Waals surface area contributed by atoms with Crippen LogP contribution in [0.2, 0.25) is 0 Å². The van der Waals surface area contributed by atoms with Gasteiger partial charge in [-0.2, -0.15) is 0 Å². The maximum atomic E-state index is 5.69. The number of allylic oxidation sites excluding steroid dienone is 1. The summed E-state index contributed by atoms with van der Waals surface area (Å²) in [5.41, 5.74) is 1.13. The standard InChI is InChI=1S/C16H18O/c1-13-9-10-15(17-13)16(2,3)12-11-14-7-5-4-6-8-14/h4-12H,1-3H3/b12-11+. The largest absolute Gasteiger partial charge is 0.465 e. The summed E-state index contributed by atoms with van der Waals surface area (Å²) in [6.07, 6.45) is 4.32. The Labute approximate surface area is 103 Å². The third-order valence-corrected chi connectivity index (χ3v) is 2.87. The maximum absolute atomic E-state index is 5.69. The highest BCUT2D eigenvalue weighted by Crippen LogP contribution is 2.27. The first-order valence-corrected chi connectivity index (χ1v) is 5.89. The second-order valence-electron chi connectivity index (χ2n) is 4.88. The van der Waals surface area contributed by atoms with Crippen LogP contribution in [0.1, 0.15) is 30.9 Å². The molecule has 17 heavy (non-hydrogen) atoms. The van der Waals surface area contributed by atoms with Crippen LogP contribution in [0.25, 0.3) is 6.08 Å². The van der Waals surface area contributed by atoms with Crippen LogP contribution in [-0.4, -0.2) is 0 Å². The Hall–Kier alpha value is -1.76. The third-order valence-electron chi connectivity index (χ3n) is 2.87. The summed E-state index contributed by atoms with van der Waals surface area (Å²) in [5, 5.41) is 0. The molecule has 0 fully saturated rings. The fraction of sp³-hybridized carbons (Fsp3) is 0.250. The van der Waals surface area contributed by atoms with Crippen molar-refractivity contribution in [3.05, 3.63) is 65.6 Å². The number of hydrogen-bond donors (Lipinski definition) is 0. The lowest BCUT2D eigenvalue weighted by atomic mass is 9.89. The molecule has 0 atom stereocenters. The van der Waals surface area contributed by atoms with E-state index in [0.29, 0.717) is 0 Å². The van der Waals surface area contributed by atoms with Crippen molar-refractivity contribution in [2.45, 2.75) is 26.2 Å². The van der Waals surface area contributed by atoms with E-state index in [1.54, 1.807) is 0 Å². The molecule has 1 aromatic carbocycles. The fourth-order valence-corrected chi connectivity index (χ4v) is 1.73. The van der Waals surface area contributed by atoms with Crippen LogP contribution in [0.5, 0.6) is 0 Å². The molecule has 0 N–H and O–H groups in total. The molecular weight excluding hydrogens is 208 g/mol. The highest BCUT2D eigenvalue weighted by molar-refractivity contribution is 5.51. The Morgan fingerprint density at radius 3 is 2.29 bits per heavy atom. The molecule has 2 aromatic rings. The van der Waals surface area contributed by atoms with Gasteiger partial charge in [-0.05, 0) is 38.5 Å². The summed E-state index contributed by atoms with van der Waals surface area (Å²) >= 11 is 0. The lowest BCUT2D eigenvalue weighted by Gasteiger charge is -2.16. The van der Waals surface area contributed by atoms with Crippen LogP contribution in [0.3, 0.4) is 0 Å². The first-order valence-electron chi connectivity index (χ1n) is 5.89. The third kappa shape index (κ3) is 2.88. The van der Waals surface area contributed by atoms with Crippen molar-refractivity contribution >= 4 is 6.08 Å². The molecule has 0 saturated carbocycles. The molecule has 0 amide bonds. The van der Waals surface area contributed by atoms with E-state index in [9.17, 15) is 0 Å². The molecule has 1 heterocycles. The molecular formula is C16H18O. The van der Waals surface area contributed by atoms with Gasteiger partial charge in [0.2, 0.25) is 0 Å². The molecule has 0 radical (unpaired) electrons. The van der Waals surface area contributed by atoms with Gasteiger partial charge in [-0.1, -0.05) is 42.5 Å². The number of hydrogen-bond acceptors (Lipinski definition) is 1. The minimum Gasteiger partial charge on any atom is -0.465 e. The van der Waals surface area contributed by atoms with Gasteiger partial charge in [0.25, 0.3) is 0 Å². The number of rotatable bonds is 3. The van der Waals surface area contributed by atoms with Crippen molar-refractivity contribution in [3.8, 4) is 0 Å². The van der Waals surface area contributed by atoms with E-state index in [-0.39, 0.29) is 5.41 Å². The lowest BCUT2D eigenvalue weighted by Crippen LogP contribution is -2.11. The van der Waals surface area contributed by atoms with Gasteiger partial charge in [0.05, 0.1) is 0 Å². The molecule has 0 aliphatic carbocycles. The molecule has 1 aromatic heterocycles. The zero-order valence-electron chi connectivity index (χ0n) is 10.6. The van der Waals surface area contributed by atoms with Crippen molar-refractivity contribution in [1.29, 1.82) is 0 Å². The zero-order valence-corrected chi connectivity index (χ0v) is 10.6. The van der Waals surface area contributed by atoms with Gasteiger partial charge in [-0.3, -0.25) is 0 Å². The van der Waals surface area contributed by atoms with Crippen LogP contribution < -0.4 is 0 Å². The molecule has 0 spiro atoms. The Balaban J connectivity index is 2.20. The molecule has 1 nitrogen and oxygen atoms in total. The first kappa shape index (κ1) is 11.7. The van der Waals surface area contributed by atoms with E-state index in [1.807, 2.05) is 37.3 Å². The molecule has 88 valence electrons. The van der Waals surface area contributed by atoms with E-state index >= 15 is 0 Å². The summed E-state index contributed by atoms with van der Waals surface area (Å²) in [5.74, 6) is 1.96. The summed E-state index contributed by atoms with van der Waals surface area (Å²) in [4.78, 5) is 0. The summed E-state index contributed by atoms with van der Waals surface area (Å²) < 4.78 is 5.69. The van der Waals surface area contributed by atoms with Gasteiger partial charge in [-0.25, -0.2) is 0 Å². The van der Waals surface area contributed by atoms with Crippen molar-refractivity contribution in [2.24, 2.45) is 0 Å². The number of aryl methyl sites for hydroxylation is 1.